The minimum atomic E-state index is -0.0931. The lowest BCUT2D eigenvalue weighted by Gasteiger charge is -2.28. The van der Waals surface area contributed by atoms with E-state index in [-0.39, 0.29) is 10.8 Å². The lowest BCUT2D eigenvalue weighted by molar-refractivity contribution is 0.484. The minimum absolute atomic E-state index is 0.00639. The first-order valence-electron chi connectivity index (χ1n) is 22.0. The van der Waals surface area contributed by atoms with Crippen molar-refractivity contribution in [3.63, 3.8) is 0 Å². The molecule has 12 rings (SSSR count). The largest absolute Gasteiger partial charge is 0.309 e. The molecule has 292 valence electrons. The minimum Gasteiger partial charge on any atom is -0.309 e. The summed E-state index contributed by atoms with van der Waals surface area (Å²) < 4.78 is 2.51. The van der Waals surface area contributed by atoms with E-state index in [9.17, 15) is 0 Å². The molecule has 3 aliphatic rings. The summed E-state index contributed by atoms with van der Waals surface area (Å²) in [4.78, 5) is 0. The van der Waals surface area contributed by atoms with Gasteiger partial charge in [0.05, 0.1) is 11.0 Å². The van der Waals surface area contributed by atoms with Crippen molar-refractivity contribution >= 4 is 21.8 Å². The van der Waals surface area contributed by atoms with Gasteiger partial charge in [-0.15, -0.1) is 0 Å². The Bertz CT molecular complexity index is 3250. The van der Waals surface area contributed by atoms with Gasteiger partial charge in [-0.2, -0.15) is 0 Å². The van der Waals surface area contributed by atoms with Crippen molar-refractivity contribution in [1.82, 2.24) is 4.57 Å². The third-order valence-corrected chi connectivity index (χ3v) is 14.3. The van der Waals surface area contributed by atoms with Crippen LogP contribution in [0, 0.1) is 0 Å². The van der Waals surface area contributed by atoms with E-state index in [1.807, 2.05) is 0 Å². The molecule has 1 heteroatoms. The van der Waals surface area contributed by atoms with Gasteiger partial charge in [0.15, 0.2) is 0 Å². The molecule has 0 amide bonds. The predicted octanol–water partition coefficient (Wildman–Crippen LogP) is 15.6. The molecule has 1 nitrogen and oxygen atoms in total. The highest BCUT2D eigenvalue weighted by atomic mass is 15.0. The first-order valence-corrected chi connectivity index (χ1v) is 22.0. The van der Waals surface area contributed by atoms with E-state index >= 15 is 0 Å². The van der Waals surface area contributed by atoms with Gasteiger partial charge in [-0.25, -0.2) is 0 Å². The summed E-state index contributed by atoms with van der Waals surface area (Å²) in [6.45, 7) is 4.77. The lowest BCUT2D eigenvalue weighted by Crippen LogP contribution is -2.21. The van der Waals surface area contributed by atoms with E-state index < -0.39 is 0 Å². The fourth-order valence-electron chi connectivity index (χ4n) is 11.3. The van der Waals surface area contributed by atoms with Crippen molar-refractivity contribution in [2.45, 2.75) is 49.9 Å². The van der Waals surface area contributed by atoms with E-state index in [2.05, 4.69) is 225 Å². The second-order valence-corrected chi connectivity index (χ2v) is 18.2. The SMILES string of the molecule is CC1(C)c2ccccc2-c2cc3c4cc(-c5ccc6c(c5)C5(C=CC=CC5)CC6Cc5cccc(-c6ccccc6)c5)ccc4n(-c4cccc(-c5ccccc5)c4)c3cc21. The van der Waals surface area contributed by atoms with Gasteiger partial charge < -0.3 is 4.57 Å². The molecule has 3 aliphatic carbocycles. The molecule has 0 aliphatic heterocycles. The van der Waals surface area contributed by atoms with Crippen molar-refractivity contribution in [3.05, 3.63) is 234 Å². The number of allylic oxidation sites excluding steroid dienone is 4. The molecule has 2 atom stereocenters. The molecule has 0 fully saturated rings. The van der Waals surface area contributed by atoms with Gasteiger partial charge in [-0.3, -0.25) is 0 Å². The Morgan fingerprint density at radius 2 is 1.16 bits per heavy atom. The molecule has 0 bridgehead atoms. The first kappa shape index (κ1) is 35.9. The highest BCUT2D eigenvalue weighted by Crippen LogP contribution is 2.54. The van der Waals surface area contributed by atoms with E-state index in [4.69, 9.17) is 0 Å². The summed E-state index contributed by atoms with van der Waals surface area (Å²) in [5.41, 5.74) is 21.0. The number of rotatable bonds is 6. The smallest absolute Gasteiger partial charge is 0.0544 e. The van der Waals surface area contributed by atoms with Crippen LogP contribution >= 0.6 is 0 Å². The molecule has 61 heavy (non-hydrogen) atoms. The van der Waals surface area contributed by atoms with Gasteiger partial charge in [0.2, 0.25) is 0 Å². The van der Waals surface area contributed by atoms with E-state index in [1.54, 1.807) is 0 Å². The van der Waals surface area contributed by atoms with Crippen LogP contribution in [0.4, 0.5) is 0 Å². The van der Waals surface area contributed by atoms with Gasteiger partial charge in [0, 0.05) is 27.3 Å². The van der Waals surface area contributed by atoms with Crippen molar-refractivity contribution in [3.8, 4) is 50.2 Å². The van der Waals surface area contributed by atoms with Crippen LogP contribution in [0.25, 0.3) is 72.0 Å². The fourth-order valence-corrected chi connectivity index (χ4v) is 11.3. The number of hydrogen-bond donors (Lipinski definition) is 0. The number of hydrogen-bond acceptors (Lipinski definition) is 0. The zero-order valence-electron chi connectivity index (χ0n) is 34.8. The summed E-state index contributed by atoms with van der Waals surface area (Å²) in [5.74, 6) is 0.451. The summed E-state index contributed by atoms with van der Waals surface area (Å²) in [6, 6.07) is 68.4. The molecule has 0 saturated carbocycles. The second kappa shape index (κ2) is 13.8. The number of aromatic nitrogens is 1. The number of fused-ring (bicyclic) bond motifs is 8. The third kappa shape index (κ3) is 5.75. The maximum Gasteiger partial charge on any atom is 0.0544 e. The van der Waals surface area contributed by atoms with Crippen molar-refractivity contribution in [2.24, 2.45) is 0 Å². The van der Waals surface area contributed by atoms with Gasteiger partial charge in [0.1, 0.15) is 0 Å². The Balaban J connectivity index is 1.00. The Morgan fingerprint density at radius 1 is 0.492 bits per heavy atom. The molecule has 1 spiro atoms. The Hall–Kier alpha value is -6.96. The van der Waals surface area contributed by atoms with Crippen LogP contribution in [0.1, 0.15) is 60.4 Å². The third-order valence-electron chi connectivity index (χ3n) is 14.3. The molecular weight excluding hydrogens is 735 g/mol. The summed E-state index contributed by atoms with van der Waals surface area (Å²) in [6.07, 6.45) is 12.6. The standard InChI is InChI=1S/C60H47N/c1-59(2)54-25-11-10-24-50(54)51-37-53-52-35-45(27-29-57(52)61(58(53)38-55(51)59)48-23-15-22-44(34-48)42-19-8-4-9-20-42)46-26-28-49-47(39-60(56(49)36-46)30-12-5-13-31-60)33-40-16-14-21-43(32-40)41-17-6-3-7-18-41/h3-30,32,34-38,47H,31,33,39H2,1-2H3. The molecule has 0 radical (unpaired) electrons. The van der Waals surface area contributed by atoms with Gasteiger partial charge in [0.25, 0.3) is 0 Å². The average molecular weight is 782 g/mol. The summed E-state index contributed by atoms with van der Waals surface area (Å²) >= 11 is 0. The Kier molecular flexibility index (Phi) is 8.13. The molecule has 1 heterocycles. The molecular formula is C60H47N. The predicted molar refractivity (Wildman–Crippen MR) is 257 cm³/mol. The van der Waals surface area contributed by atoms with E-state index in [0.29, 0.717) is 5.92 Å². The second-order valence-electron chi connectivity index (χ2n) is 18.2. The average Bonchev–Trinajstić information content (AvgIpc) is 3.87. The van der Waals surface area contributed by atoms with Crippen LogP contribution < -0.4 is 0 Å². The zero-order valence-corrected chi connectivity index (χ0v) is 34.8. The monoisotopic (exact) mass is 781 g/mol. The summed E-state index contributed by atoms with van der Waals surface area (Å²) in [7, 11) is 0. The zero-order chi connectivity index (χ0) is 40.7. The van der Waals surface area contributed by atoms with Crippen molar-refractivity contribution in [1.29, 1.82) is 0 Å². The normalized spacial score (nSPS) is 18.2. The van der Waals surface area contributed by atoms with Crippen LogP contribution in [0.2, 0.25) is 0 Å². The number of nitrogens with zero attached hydrogens (tertiary/aromatic N) is 1. The molecule has 1 aromatic heterocycles. The highest BCUT2D eigenvalue weighted by molar-refractivity contribution is 6.12. The van der Waals surface area contributed by atoms with E-state index in [0.717, 1.165) is 19.3 Å². The summed E-state index contributed by atoms with van der Waals surface area (Å²) in [5, 5.41) is 2.58. The fraction of sp³-hybridized carbons (Fsp3) is 0.133. The Morgan fingerprint density at radius 3 is 1.95 bits per heavy atom. The maximum atomic E-state index is 2.54. The van der Waals surface area contributed by atoms with Crippen molar-refractivity contribution in [2.75, 3.05) is 0 Å². The topological polar surface area (TPSA) is 4.93 Å². The highest BCUT2D eigenvalue weighted by Gasteiger charge is 2.42. The van der Waals surface area contributed by atoms with Crippen LogP contribution in [-0.2, 0) is 17.3 Å². The van der Waals surface area contributed by atoms with Crippen LogP contribution in [0.5, 0.6) is 0 Å². The van der Waals surface area contributed by atoms with Gasteiger partial charge in [-0.05, 0) is 140 Å². The lowest BCUT2D eigenvalue weighted by atomic mass is 9.75. The molecule has 2 unspecified atom stereocenters. The molecule has 0 N–H and O–H groups in total. The molecule has 0 saturated heterocycles. The van der Waals surface area contributed by atoms with Crippen LogP contribution in [0.15, 0.2) is 206 Å². The first-order chi connectivity index (χ1) is 29.9. The number of benzene rings is 8. The van der Waals surface area contributed by atoms with Crippen molar-refractivity contribution < 1.29 is 0 Å². The van der Waals surface area contributed by atoms with Crippen LogP contribution in [-0.4, -0.2) is 4.57 Å². The van der Waals surface area contributed by atoms with E-state index in [1.165, 1.54) is 99.8 Å². The van der Waals surface area contributed by atoms with Gasteiger partial charge >= 0.3 is 0 Å². The molecule has 8 aromatic carbocycles. The maximum absolute atomic E-state index is 2.54. The Labute approximate surface area is 359 Å². The quantitative estimate of drug-likeness (QED) is 0.158. The van der Waals surface area contributed by atoms with Crippen LogP contribution in [0.3, 0.4) is 0 Å². The van der Waals surface area contributed by atoms with Gasteiger partial charge in [-0.1, -0.05) is 178 Å². The molecule has 9 aromatic rings.